The van der Waals surface area contributed by atoms with E-state index in [4.69, 9.17) is 29.0 Å². The van der Waals surface area contributed by atoms with Crippen molar-refractivity contribution in [3.63, 3.8) is 0 Å². The first-order chi connectivity index (χ1) is 32.3. The first-order valence-corrected chi connectivity index (χ1v) is 18.6. The van der Waals surface area contributed by atoms with Crippen molar-refractivity contribution in [2.45, 2.75) is 0 Å². The molecule has 0 amide bonds. The zero-order chi connectivity index (χ0) is 46.6. The van der Waals surface area contributed by atoms with Crippen molar-refractivity contribution in [1.29, 1.82) is 0 Å². The summed E-state index contributed by atoms with van der Waals surface area (Å²) in [7, 11) is 0. The Hall–Kier alpha value is -7.21. The van der Waals surface area contributed by atoms with E-state index in [-0.39, 0.29) is 54.8 Å². The highest BCUT2D eigenvalue weighted by atomic mass is 32.1. The second-order valence-corrected chi connectivity index (χ2v) is 14.1. The topological polar surface area (TPSA) is 51.8 Å². The summed E-state index contributed by atoms with van der Waals surface area (Å²) < 4.78 is 104. The van der Waals surface area contributed by atoms with E-state index in [1.165, 1.54) is 0 Å². The Labute approximate surface area is 342 Å². The molecule has 56 heavy (non-hydrogen) atoms. The Morgan fingerprint density at radius 3 is 1.91 bits per heavy atom. The molecule has 0 unspecified atom stereocenters. The molecule has 3 aromatic heterocycles. The third kappa shape index (κ3) is 5.65. The van der Waals surface area contributed by atoms with Crippen molar-refractivity contribution in [3.8, 4) is 67.5 Å². The average molecular weight is 745 g/mol. The van der Waals surface area contributed by atoms with Crippen molar-refractivity contribution in [1.82, 2.24) is 15.0 Å². The maximum Gasteiger partial charge on any atom is 0.164 e. The quantitative estimate of drug-likeness (QED) is 0.170. The molecule has 0 aliphatic heterocycles. The highest BCUT2D eigenvalue weighted by Crippen LogP contribution is 2.40. The molecule has 0 atom stereocenters. The molecule has 0 spiro atoms. The van der Waals surface area contributed by atoms with Gasteiger partial charge in [0.15, 0.2) is 17.5 Å². The van der Waals surface area contributed by atoms with E-state index in [2.05, 4.69) is 0 Å². The SMILES string of the molecule is [2H]c1c([2H])c([2H])c(-c2c([2H])c([2H])c3sc4c([2H])c(-c5nc(-c6ccc(-c7ccccc7)cc6)nc(-c6ccccc6-c6ccc7c(c6)oc6ccccc67)n5)c([2H])c([2H])c4c3c2[2H])c([2H])c1[2H]. The molecule has 0 aliphatic carbocycles. The fourth-order valence-electron chi connectivity index (χ4n) is 7.01. The lowest BCUT2D eigenvalue weighted by atomic mass is 9.98. The van der Waals surface area contributed by atoms with Gasteiger partial charge in [-0.05, 0) is 69.7 Å². The molecular weight excluding hydrogens is 703 g/mol. The second-order valence-electron chi connectivity index (χ2n) is 13.1. The average Bonchev–Trinajstić information content (AvgIpc) is 3.95. The van der Waals surface area contributed by atoms with Gasteiger partial charge in [0, 0.05) is 47.6 Å². The molecule has 0 radical (unpaired) electrons. The van der Waals surface area contributed by atoms with Crippen LogP contribution in [0.4, 0.5) is 0 Å². The lowest BCUT2D eigenvalue weighted by molar-refractivity contribution is 0.669. The van der Waals surface area contributed by atoms with Gasteiger partial charge < -0.3 is 4.42 Å². The molecule has 5 heteroatoms. The van der Waals surface area contributed by atoms with Gasteiger partial charge in [-0.15, -0.1) is 11.3 Å². The van der Waals surface area contributed by atoms with Crippen LogP contribution in [0.3, 0.4) is 0 Å². The molecule has 11 rings (SSSR count). The zero-order valence-corrected chi connectivity index (χ0v) is 30.0. The van der Waals surface area contributed by atoms with E-state index in [0.29, 0.717) is 16.7 Å². The zero-order valence-electron chi connectivity index (χ0n) is 40.2. The number of thiophene rings is 1. The first kappa shape index (κ1) is 22.9. The Kier molecular flexibility index (Phi) is 5.42. The summed E-state index contributed by atoms with van der Waals surface area (Å²) in [6.07, 6.45) is 0. The molecule has 0 fully saturated rings. The van der Waals surface area contributed by atoms with Crippen molar-refractivity contribution in [2.24, 2.45) is 0 Å². The maximum absolute atomic E-state index is 9.68. The predicted molar refractivity (Wildman–Crippen MR) is 233 cm³/mol. The number of para-hydroxylation sites is 1. The maximum atomic E-state index is 9.68. The van der Waals surface area contributed by atoms with Gasteiger partial charge in [0.25, 0.3) is 0 Å². The van der Waals surface area contributed by atoms with Gasteiger partial charge in [0.05, 0.1) is 15.1 Å². The van der Waals surface area contributed by atoms with Crippen LogP contribution in [-0.4, -0.2) is 15.0 Å². The highest BCUT2D eigenvalue weighted by Gasteiger charge is 2.18. The number of furan rings is 1. The Balaban J connectivity index is 1.14. The molecule has 4 nitrogen and oxygen atoms in total. The van der Waals surface area contributed by atoms with Crippen LogP contribution in [0.15, 0.2) is 192 Å². The largest absolute Gasteiger partial charge is 0.456 e. The van der Waals surface area contributed by atoms with E-state index in [9.17, 15) is 5.48 Å². The second kappa shape index (κ2) is 13.3. The van der Waals surface area contributed by atoms with Gasteiger partial charge in [0.1, 0.15) is 11.2 Å². The molecule has 8 aromatic carbocycles. The van der Waals surface area contributed by atoms with Gasteiger partial charge in [-0.25, -0.2) is 15.0 Å². The summed E-state index contributed by atoms with van der Waals surface area (Å²) >= 11 is 0.902. The molecule has 0 saturated heterocycles. The number of rotatable bonds is 6. The predicted octanol–water partition coefficient (Wildman–Crippen LogP) is 14.1. The van der Waals surface area contributed by atoms with Gasteiger partial charge >= 0.3 is 0 Å². The van der Waals surface area contributed by atoms with E-state index in [1.807, 2.05) is 121 Å². The third-order valence-corrected chi connectivity index (χ3v) is 10.7. The standard InChI is InChI=1S/C51H31N3OS/c1-3-11-32(12-4-1)34-19-21-35(22-20-34)49-52-50(38-24-27-42-44-29-36(33-13-5-2-6-14-33)25-28-47(44)56-48(42)31-38)54-51(53-49)43-17-8-7-15-39(43)37-23-26-41-40-16-9-10-18-45(40)55-46(41)30-37/h1-31H/i2D,5D,6D,13D,14D,24D,25D,27D,28D,29D,31D. The Bertz CT molecular complexity index is 3860. The van der Waals surface area contributed by atoms with Crippen LogP contribution in [0, 0.1) is 0 Å². The molecule has 3 heterocycles. The van der Waals surface area contributed by atoms with Crippen LogP contribution < -0.4 is 0 Å². The van der Waals surface area contributed by atoms with E-state index in [1.54, 1.807) is 0 Å². The van der Waals surface area contributed by atoms with Gasteiger partial charge in [-0.1, -0.05) is 151 Å². The van der Waals surface area contributed by atoms with Crippen LogP contribution >= 0.6 is 11.3 Å². The fraction of sp³-hybridized carbons (Fsp3) is 0. The van der Waals surface area contributed by atoms with Crippen molar-refractivity contribution in [2.75, 3.05) is 0 Å². The number of hydrogen-bond donors (Lipinski definition) is 0. The van der Waals surface area contributed by atoms with Gasteiger partial charge in [-0.2, -0.15) is 0 Å². The first-order valence-electron chi connectivity index (χ1n) is 23.3. The summed E-state index contributed by atoms with van der Waals surface area (Å²) in [4.78, 5) is 14.9. The lowest BCUT2D eigenvalue weighted by Crippen LogP contribution is -2.01. The molecule has 262 valence electrons. The van der Waals surface area contributed by atoms with Crippen LogP contribution in [0.2, 0.25) is 0 Å². The molecule has 0 saturated carbocycles. The minimum absolute atomic E-state index is 0.0109. The van der Waals surface area contributed by atoms with Gasteiger partial charge in [-0.3, -0.25) is 0 Å². The molecule has 0 bridgehead atoms. The number of fused-ring (bicyclic) bond motifs is 6. The van der Waals surface area contributed by atoms with Crippen molar-refractivity contribution < 1.29 is 19.5 Å². The smallest absolute Gasteiger partial charge is 0.164 e. The van der Waals surface area contributed by atoms with Crippen molar-refractivity contribution >= 4 is 53.4 Å². The lowest BCUT2D eigenvalue weighted by Gasteiger charge is -2.12. The molecule has 11 aromatic rings. The fourth-order valence-corrected chi connectivity index (χ4v) is 7.98. The summed E-state index contributed by atoms with van der Waals surface area (Å²) in [5.74, 6) is 0.418. The van der Waals surface area contributed by atoms with Crippen LogP contribution in [-0.2, 0) is 0 Å². The minimum Gasteiger partial charge on any atom is -0.456 e. The van der Waals surface area contributed by atoms with E-state index < -0.39 is 66.0 Å². The van der Waals surface area contributed by atoms with Crippen LogP contribution in [0.25, 0.3) is 110 Å². The number of aromatic nitrogens is 3. The monoisotopic (exact) mass is 744 g/mol. The van der Waals surface area contributed by atoms with Crippen LogP contribution in [0.1, 0.15) is 15.1 Å². The summed E-state index contributed by atoms with van der Waals surface area (Å²) in [6.45, 7) is 0. The Morgan fingerprint density at radius 2 is 1.05 bits per heavy atom. The normalized spacial score (nSPS) is 14.3. The molecular formula is C51H31N3OS. The van der Waals surface area contributed by atoms with Gasteiger partial charge in [0.2, 0.25) is 0 Å². The molecule has 0 N–H and O–H groups in total. The summed E-state index contributed by atoms with van der Waals surface area (Å²) in [5, 5.41) is 1.92. The highest BCUT2D eigenvalue weighted by molar-refractivity contribution is 7.25. The number of hydrogen-bond acceptors (Lipinski definition) is 5. The van der Waals surface area contributed by atoms with E-state index in [0.717, 1.165) is 49.9 Å². The minimum atomic E-state index is -0.664. The summed E-state index contributed by atoms with van der Waals surface area (Å²) in [6, 6.07) is 33.2. The van der Waals surface area contributed by atoms with E-state index >= 15 is 0 Å². The Morgan fingerprint density at radius 1 is 0.393 bits per heavy atom. The number of benzene rings is 8. The van der Waals surface area contributed by atoms with Crippen molar-refractivity contribution in [3.05, 3.63) is 188 Å². The molecule has 0 aliphatic rings. The van der Waals surface area contributed by atoms with Crippen LogP contribution in [0.5, 0.6) is 0 Å². The number of nitrogens with zero attached hydrogens (tertiary/aromatic N) is 3. The summed E-state index contributed by atoms with van der Waals surface area (Å²) in [5.41, 5.74) is 5.41. The third-order valence-electron chi connectivity index (χ3n) is 9.73.